The average Bonchev–Trinajstić information content (AvgIpc) is 3.04. The minimum atomic E-state index is -0.323. The van der Waals surface area contributed by atoms with Gasteiger partial charge in [0, 0.05) is 5.56 Å². The highest BCUT2D eigenvalue weighted by Crippen LogP contribution is 2.11. The predicted octanol–water partition coefficient (Wildman–Crippen LogP) is 1.80. The maximum atomic E-state index is 11.9. The second-order valence-electron chi connectivity index (χ2n) is 5.22. The molecule has 0 fully saturated rings. The number of benzene rings is 2. The van der Waals surface area contributed by atoms with Gasteiger partial charge < -0.3 is 0 Å². The van der Waals surface area contributed by atoms with E-state index in [1.807, 2.05) is 61.5 Å². The summed E-state index contributed by atoms with van der Waals surface area (Å²) >= 11 is 0. The number of hydrogen-bond donors (Lipinski definition) is 1. The van der Waals surface area contributed by atoms with E-state index in [9.17, 15) is 4.79 Å². The molecule has 0 saturated carbocycles. The van der Waals surface area contributed by atoms with Crippen molar-refractivity contribution in [1.82, 2.24) is 25.6 Å². The third-order valence-electron chi connectivity index (χ3n) is 3.21. The van der Waals surface area contributed by atoms with E-state index in [1.165, 1.54) is 4.80 Å². The molecule has 3 rings (SSSR count). The van der Waals surface area contributed by atoms with Crippen LogP contribution in [0.15, 0.2) is 59.7 Å². The molecular formula is C17H16N6O. The van der Waals surface area contributed by atoms with Crippen molar-refractivity contribution in [3.05, 3.63) is 65.7 Å². The van der Waals surface area contributed by atoms with Crippen LogP contribution in [0.3, 0.4) is 0 Å². The van der Waals surface area contributed by atoms with Gasteiger partial charge in [-0.05, 0) is 17.7 Å². The SMILES string of the molecule is Cc1cccc(/C=N/NC(=O)Cn2nnc(-c3ccccc3)n2)c1. The molecule has 2 aromatic carbocycles. The molecule has 1 amide bonds. The summed E-state index contributed by atoms with van der Waals surface area (Å²) in [6.07, 6.45) is 1.59. The summed E-state index contributed by atoms with van der Waals surface area (Å²) < 4.78 is 0. The number of nitrogens with one attached hydrogen (secondary N) is 1. The summed E-state index contributed by atoms with van der Waals surface area (Å²) in [5, 5.41) is 15.9. The molecular weight excluding hydrogens is 304 g/mol. The summed E-state index contributed by atoms with van der Waals surface area (Å²) in [6.45, 7) is 1.95. The van der Waals surface area contributed by atoms with Crippen molar-refractivity contribution in [2.75, 3.05) is 0 Å². The van der Waals surface area contributed by atoms with Gasteiger partial charge in [0.1, 0.15) is 6.54 Å². The number of hydrogen-bond acceptors (Lipinski definition) is 5. The average molecular weight is 320 g/mol. The van der Waals surface area contributed by atoms with Gasteiger partial charge in [0.2, 0.25) is 5.82 Å². The van der Waals surface area contributed by atoms with E-state index in [2.05, 4.69) is 25.9 Å². The normalized spacial score (nSPS) is 10.9. The van der Waals surface area contributed by atoms with Gasteiger partial charge in [-0.15, -0.1) is 10.2 Å². The van der Waals surface area contributed by atoms with Gasteiger partial charge in [-0.1, -0.05) is 60.2 Å². The van der Waals surface area contributed by atoms with Crippen molar-refractivity contribution < 1.29 is 4.79 Å². The van der Waals surface area contributed by atoms with Crippen LogP contribution in [0.5, 0.6) is 0 Å². The topological polar surface area (TPSA) is 85.1 Å². The first kappa shape index (κ1) is 15.5. The smallest absolute Gasteiger partial charge is 0.263 e. The van der Waals surface area contributed by atoms with E-state index in [1.54, 1.807) is 6.21 Å². The molecule has 1 aromatic heterocycles. The van der Waals surface area contributed by atoms with Gasteiger partial charge in [0.15, 0.2) is 0 Å². The molecule has 24 heavy (non-hydrogen) atoms. The highest BCUT2D eigenvalue weighted by Gasteiger charge is 2.08. The van der Waals surface area contributed by atoms with Crippen molar-refractivity contribution in [2.24, 2.45) is 5.10 Å². The lowest BCUT2D eigenvalue weighted by atomic mass is 10.2. The largest absolute Gasteiger partial charge is 0.271 e. The van der Waals surface area contributed by atoms with E-state index in [4.69, 9.17) is 0 Å². The molecule has 3 aromatic rings. The maximum absolute atomic E-state index is 11.9. The first-order valence-corrected chi connectivity index (χ1v) is 7.42. The zero-order valence-electron chi connectivity index (χ0n) is 13.1. The Kier molecular flexibility index (Phi) is 4.71. The highest BCUT2D eigenvalue weighted by molar-refractivity contribution is 5.82. The number of hydrazone groups is 1. The number of aryl methyl sites for hydroxylation is 1. The van der Waals surface area contributed by atoms with Gasteiger partial charge in [0.25, 0.3) is 5.91 Å². The Labute approximate surface area is 139 Å². The minimum absolute atomic E-state index is 0.0506. The van der Waals surface area contributed by atoms with E-state index in [0.717, 1.165) is 16.7 Å². The zero-order chi connectivity index (χ0) is 16.8. The zero-order valence-corrected chi connectivity index (χ0v) is 13.1. The standard InChI is InChI=1S/C17H16N6O/c1-13-6-5-7-14(10-13)11-18-19-16(24)12-23-21-17(20-22-23)15-8-3-2-4-9-15/h2-11H,12H2,1H3,(H,19,24)/b18-11+. The molecule has 0 aliphatic rings. The van der Waals surface area contributed by atoms with Crippen LogP contribution < -0.4 is 5.43 Å². The van der Waals surface area contributed by atoms with Crippen molar-refractivity contribution in [3.63, 3.8) is 0 Å². The van der Waals surface area contributed by atoms with Gasteiger partial charge in [-0.25, -0.2) is 5.43 Å². The number of aromatic nitrogens is 4. The molecule has 0 saturated heterocycles. The fraction of sp³-hybridized carbons (Fsp3) is 0.118. The number of amides is 1. The second-order valence-corrected chi connectivity index (χ2v) is 5.22. The monoisotopic (exact) mass is 320 g/mol. The molecule has 1 heterocycles. The molecule has 1 N–H and O–H groups in total. The van der Waals surface area contributed by atoms with Crippen LogP contribution in [0.2, 0.25) is 0 Å². The first-order valence-electron chi connectivity index (χ1n) is 7.42. The third-order valence-corrected chi connectivity index (χ3v) is 3.21. The highest BCUT2D eigenvalue weighted by atomic mass is 16.2. The van der Waals surface area contributed by atoms with E-state index in [0.29, 0.717) is 5.82 Å². The van der Waals surface area contributed by atoms with Crippen LogP contribution in [-0.2, 0) is 11.3 Å². The number of rotatable bonds is 5. The molecule has 7 nitrogen and oxygen atoms in total. The van der Waals surface area contributed by atoms with Gasteiger partial charge >= 0.3 is 0 Å². The number of tetrazole rings is 1. The molecule has 0 aliphatic carbocycles. The van der Waals surface area contributed by atoms with Crippen LogP contribution >= 0.6 is 0 Å². The molecule has 0 unspecified atom stereocenters. The van der Waals surface area contributed by atoms with Crippen LogP contribution in [-0.4, -0.2) is 32.3 Å². The molecule has 0 atom stereocenters. The summed E-state index contributed by atoms with van der Waals surface area (Å²) in [6, 6.07) is 17.3. The molecule has 0 bridgehead atoms. The molecule has 0 spiro atoms. The third kappa shape index (κ3) is 4.10. The van der Waals surface area contributed by atoms with Crippen molar-refractivity contribution in [3.8, 4) is 11.4 Å². The van der Waals surface area contributed by atoms with Gasteiger partial charge in [-0.3, -0.25) is 4.79 Å². The molecule has 7 heteroatoms. The molecule has 120 valence electrons. The minimum Gasteiger partial charge on any atom is -0.271 e. The summed E-state index contributed by atoms with van der Waals surface area (Å²) in [5.74, 6) is 0.155. The second kappa shape index (κ2) is 7.28. The lowest BCUT2D eigenvalue weighted by Gasteiger charge is -1.98. The Morgan fingerprint density at radius 1 is 1.21 bits per heavy atom. The van der Waals surface area contributed by atoms with E-state index in [-0.39, 0.29) is 12.5 Å². The van der Waals surface area contributed by atoms with Crippen molar-refractivity contribution in [1.29, 1.82) is 0 Å². The quantitative estimate of drug-likeness (QED) is 0.574. The van der Waals surface area contributed by atoms with Crippen molar-refractivity contribution in [2.45, 2.75) is 13.5 Å². The van der Waals surface area contributed by atoms with Gasteiger partial charge in [0.05, 0.1) is 6.21 Å². The van der Waals surface area contributed by atoms with Gasteiger partial charge in [-0.2, -0.15) is 9.90 Å². The van der Waals surface area contributed by atoms with Crippen LogP contribution in [0.25, 0.3) is 11.4 Å². The van der Waals surface area contributed by atoms with E-state index < -0.39 is 0 Å². The Morgan fingerprint density at radius 3 is 2.83 bits per heavy atom. The summed E-state index contributed by atoms with van der Waals surface area (Å²) in [7, 11) is 0. The maximum Gasteiger partial charge on any atom is 0.263 e. The lowest BCUT2D eigenvalue weighted by Crippen LogP contribution is -2.24. The summed E-state index contributed by atoms with van der Waals surface area (Å²) in [5.41, 5.74) is 5.35. The number of carbonyl (C=O) groups excluding carboxylic acids is 1. The van der Waals surface area contributed by atoms with Crippen molar-refractivity contribution >= 4 is 12.1 Å². The fourth-order valence-corrected chi connectivity index (χ4v) is 2.11. The Bertz CT molecular complexity index is 856. The van der Waals surface area contributed by atoms with Crippen LogP contribution in [0.1, 0.15) is 11.1 Å². The molecule has 0 radical (unpaired) electrons. The van der Waals surface area contributed by atoms with E-state index >= 15 is 0 Å². The van der Waals surface area contributed by atoms with Crippen LogP contribution in [0.4, 0.5) is 0 Å². The number of nitrogens with zero attached hydrogens (tertiary/aromatic N) is 5. The summed E-state index contributed by atoms with van der Waals surface area (Å²) in [4.78, 5) is 13.1. The first-order chi connectivity index (χ1) is 11.7. The number of carbonyl (C=O) groups is 1. The Balaban J connectivity index is 1.57. The van der Waals surface area contributed by atoms with Crippen LogP contribution in [0, 0.1) is 6.92 Å². The lowest BCUT2D eigenvalue weighted by molar-refractivity contribution is -0.122. The predicted molar refractivity (Wildman–Crippen MR) is 90.2 cm³/mol. The Hall–Kier alpha value is -3.35. The fourth-order valence-electron chi connectivity index (χ4n) is 2.11. The Morgan fingerprint density at radius 2 is 2.04 bits per heavy atom. The molecule has 0 aliphatic heterocycles.